The number of nitrogens with zero attached hydrogens (tertiary/aromatic N) is 2. The Morgan fingerprint density at radius 1 is 1.35 bits per heavy atom. The fourth-order valence-corrected chi connectivity index (χ4v) is 2.33. The molecule has 0 bridgehead atoms. The molecule has 4 nitrogen and oxygen atoms in total. The van der Waals surface area contributed by atoms with E-state index in [4.69, 9.17) is 0 Å². The summed E-state index contributed by atoms with van der Waals surface area (Å²) in [4.78, 5) is 7.93. The Balaban J connectivity index is 2.13. The van der Waals surface area contributed by atoms with Gasteiger partial charge in [0.15, 0.2) is 11.6 Å². The van der Waals surface area contributed by atoms with Crippen LogP contribution < -0.4 is 10.6 Å². The summed E-state index contributed by atoms with van der Waals surface area (Å²) in [5.41, 5.74) is 0. The number of halogens is 1. The van der Waals surface area contributed by atoms with Crippen LogP contribution in [0.5, 0.6) is 0 Å². The van der Waals surface area contributed by atoms with Crippen LogP contribution in [0.25, 0.3) is 0 Å². The summed E-state index contributed by atoms with van der Waals surface area (Å²) in [6, 6.07) is 0.305. The van der Waals surface area contributed by atoms with Crippen LogP contribution in [-0.4, -0.2) is 23.1 Å². The second-order valence-electron chi connectivity index (χ2n) is 4.80. The number of hydrogen-bond donors (Lipinski definition) is 2. The maximum Gasteiger partial charge on any atom is 0.224 e. The molecular formula is C12H19FN4. The third-order valence-electron chi connectivity index (χ3n) is 3.76. The Labute approximate surface area is 101 Å². The van der Waals surface area contributed by atoms with Crippen molar-refractivity contribution in [3.8, 4) is 0 Å². The van der Waals surface area contributed by atoms with Gasteiger partial charge in [-0.3, -0.25) is 0 Å². The van der Waals surface area contributed by atoms with Gasteiger partial charge in [-0.1, -0.05) is 13.8 Å². The highest BCUT2D eigenvalue weighted by Gasteiger charge is 2.30. The van der Waals surface area contributed by atoms with Crippen molar-refractivity contribution in [3.05, 3.63) is 12.0 Å². The molecule has 0 aliphatic heterocycles. The molecule has 0 amide bonds. The first kappa shape index (κ1) is 12.1. The first-order chi connectivity index (χ1) is 8.11. The largest absolute Gasteiger partial charge is 0.364 e. The minimum absolute atomic E-state index is 0.301. The molecule has 1 aliphatic rings. The topological polar surface area (TPSA) is 49.8 Å². The van der Waals surface area contributed by atoms with Crippen molar-refractivity contribution in [2.45, 2.75) is 32.7 Å². The highest BCUT2D eigenvalue weighted by atomic mass is 19.1. The number of aromatic nitrogens is 2. The van der Waals surface area contributed by atoms with E-state index in [0.29, 0.717) is 29.6 Å². The molecule has 1 fully saturated rings. The van der Waals surface area contributed by atoms with Gasteiger partial charge >= 0.3 is 0 Å². The summed E-state index contributed by atoms with van der Waals surface area (Å²) in [6.45, 7) is 4.44. The molecule has 1 aromatic rings. The first-order valence-corrected chi connectivity index (χ1v) is 6.08. The highest BCUT2D eigenvalue weighted by Crippen LogP contribution is 2.33. The Morgan fingerprint density at radius 2 is 2.12 bits per heavy atom. The predicted molar refractivity (Wildman–Crippen MR) is 66.5 cm³/mol. The van der Waals surface area contributed by atoms with Crippen molar-refractivity contribution in [2.24, 2.45) is 11.8 Å². The molecule has 1 heterocycles. The lowest BCUT2D eigenvalue weighted by molar-refractivity contribution is 0.434. The molecule has 1 saturated carbocycles. The van der Waals surface area contributed by atoms with Gasteiger partial charge in [-0.2, -0.15) is 4.98 Å². The van der Waals surface area contributed by atoms with E-state index in [1.54, 1.807) is 7.05 Å². The van der Waals surface area contributed by atoms with E-state index in [1.165, 1.54) is 12.6 Å². The van der Waals surface area contributed by atoms with Crippen molar-refractivity contribution in [3.63, 3.8) is 0 Å². The Morgan fingerprint density at radius 3 is 2.71 bits per heavy atom. The molecule has 3 unspecified atom stereocenters. The SMILES string of the molecule is CNc1ncc(F)c(NC2CCC(C)C2C)n1. The summed E-state index contributed by atoms with van der Waals surface area (Å²) >= 11 is 0. The summed E-state index contributed by atoms with van der Waals surface area (Å²) in [6.07, 6.45) is 3.45. The van der Waals surface area contributed by atoms with Gasteiger partial charge < -0.3 is 10.6 Å². The van der Waals surface area contributed by atoms with E-state index < -0.39 is 5.82 Å². The van der Waals surface area contributed by atoms with Crippen LogP contribution in [0.2, 0.25) is 0 Å². The number of rotatable bonds is 3. The predicted octanol–water partition coefficient (Wildman–Crippen LogP) is 2.50. The average molecular weight is 238 g/mol. The zero-order chi connectivity index (χ0) is 12.4. The summed E-state index contributed by atoms with van der Waals surface area (Å²) < 4.78 is 13.6. The quantitative estimate of drug-likeness (QED) is 0.849. The van der Waals surface area contributed by atoms with E-state index >= 15 is 0 Å². The Kier molecular flexibility index (Phi) is 3.45. The Bertz CT molecular complexity index is 396. The minimum atomic E-state index is -0.393. The van der Waals surface area contributed by atoms with E-state index in [2.05, 4.69) is 34.4 Å². The van der Waals surface area contributed by atoms with Gasteiger partial charge in [-0.15, -0.1) is 0 Å². The monoisotopic (exact) mass is 238 g/mol. The van der Waals surface area contributed by atoms with Crippen molar-refractivity contribution in [1.82, 2.24) is 9.97 Å². The summed E-state index contributed by atoms with van der Waals surface area (Å²) in [5.74, 6) is 1.57. The molecule has 5 heteroatoms. The lowest BCUT2D eigenvalue weighted by Crippen LogP contribution is -2.25. The third kappa shape index (κ3) is 2.48. The Hall–Kier alpha value is -1.39. The van der Waals surface area contributed by atoms with Gasteiger partial charge in [0, 0.05) is 13.1 Å². The molecule has 2 rings (SSSR count). The normalized spacial score (nSPS) is 28.1. The van der Waals surface area contributed by atoms with Gasteiger partial charge in [0.25, 0.3) is 0 Å². The van der Waals surface area contributed by atoms with Gasteiger partial charge in [0.2, 0.25) is 5.95 Å². The zero-order valence-corrected chi connectivity index (χ0v) is 10.5. The van der Waals surface area contributed by atoms with Crippen LogP contribution in [-0.2, 0) is 0 Å². The second kappa shape index (κ2) is 4.85. The van der Waals surface area contributed by atoms with Crippen molar-refractivity contribution < 1.29 is 4.39 Å². The molecular weight excluding hydrogens is 219 g/mol. The molecule has 17 heavy (non-hydrogen) atoms. The van der Waals surface area contributed by atoms with Gasteiger partial charge in [-0.05, 0) is 24.7 Å². The van der Waals surface area contributed by atoms with E-state index in [9.17, 15) is 4.39 Å². The van der Waals surface area contributed by atoms with E-state index in [0.717, 1.165) is 6.42 Å². The maximum atomic E-state index is 13.6. The lowest BCUT2D eigenvalue weighted by Gasteiger charge is -2.20. The fourth-order valence-electron chi connectivity index (χ4n) is 2.33. The number of hydrogen-bond acceptors (Lipinski definition) is 4. The van der Waals surface area contributed by atoms with Crippen molar-refractivity contribution >= 4 is 11.8 Å². The molecule has 1 aromatic heterocycles. The molecule has 94 valence electrons. The highest BCUT2D eigenvalue weighted by molar-refractivity contribution is 5.41. The van der Waals surface area contributed by atoms with Crippen LogP contribution in [0.4, 0.5) is 16.2 Å². The molecule has 3 atom stereocenters. The standard InChI is InChI=1S/C12H19FN4/c1-7-4-5-10(8(7)2)16-11-9(13)6-15-12(14-3)17-11/h6-8,10H,4-5H2,1-3H3,(H2,14,15,16,17). The zero-order valence-electron chi connectivity index (χ0n) is 10.5. The minimum Gasteiger partial charge on any atom is -0.364 e. The smallest absolute Gasteiger partial charge is 0.224 e. The molecule has 0 saturated heterocycles. The van der Waals surface area contributed by atoms with Gasteiger partial charge in [0.1, 0.15) is 0 Å². The molecule has 0 radical (unpaired) electrons. The van der Waals surface area contributed by atoms with E-state index in [1.807, 2.05) is 0 Å². The van der Waals surface area contributed by atoms with Crippen LogP contribution >= 0.6 is 0 Å². The van der Waals surface area contributed by atoms with Crippen molar-refractivity contribution in [2.75, 3.05) is 17.7 Å². The molecule has 1 aliphatic carbocycles. The molecule has 0 spiro atoms. The first-order valence-electron chi connectivity index (χ1n) is 6.08. The van der Waals surface area contributed by atoms with Gasteiger partial charge in [-0.25, -0.2) is 9.37 Å². The summed E-state index contributed by atoms with van der Waals surface area (Å²) in [7, 11) is 1.72. The lowest BCUT2D eigenvalue weighted by atomic mass is 9.98. The third-order valence-corrected chi connectivity index (χ3v) is 3.76. The van der Waals surface area contributed by atoms with Crippen LogP contribution in [0.15, 0.2) is 6.20 Å². The van der Waals surface area contributed by atoms with Crippen LogP contribution in [0, 0.1) is 17.7 Å². The number of anilines is 2. The number of nitrogens with one attached hydrogen (secondary N) is 2. The van der Waals surface area contributed by atoms with Crippen LogP contribution in [0.1, 0.15) is 26.7 Å². The van der Waals surface area contributed by atoms with Crippen molar-refractivity contribution in [1.29, 1.82) is 0 Å². The summed E-state index contributed by atoms with van der Waals surface area (Å²) in [5, 5.41) is 6.01. The van der Waals surface area contributed by atoms with Crippen LogP contribution in [0.3, 0.4) is 0 Å². The average Bonchev–Trinajstić information content (AvgIpc) is 2.64. The molecule has 2 N–H and O–H groups in total. The van der Waals surface area contributed by atoms with Gasteiger partial charge in [0.05, 0.1) is 6.20 Å². The second-order valence-corrected chi connectivity index (χ2v) is 4.80. The fraction of sp³-hybridized carbons (Fsp3) is 0.667. The van der Waals surface area contributed by atoms with E-state index in [-0.39, 0.29) is 0 Å². The molecule has 0 aromatic carbocycles. The maximum absolute atomic E-state index is 13.6.